The van der Waals surface area contributed by atoms with E-state index in [0.29, 0.717) is 48.4 Å². The lowest BCUT2D eigenvalue weighted by Gasteiger charge is -2.41. The summed E-state index contributed by atoms with van der Waals surface area (Å²) in [4.78, 5) is 15.0. The molecule has 214 valence electrons. The van der Waals surface area contributed by atoms with Gasteiger partial charge in [-0.2, -0.15) is 13.5 Å². The van der Waals surface area contributed by atoms with Crippen LogP contribution in [0.1, 0.15) is 57.9 Å². The third kappa shape index (κ3) is 6.64. The molecule has 2 fully saturated rings. The molecular weight excluding hydrogens is 592 g/mol. The van der Waals surface area contributed by atoms with Crippen LogP contribution in [0.25, 0.3) is 0 Å². The average Bonchev–Trinajstić information content (AvgIpc) is 3.18. The monoisotopic (exact) mass is 627 g/mol. The second-order valence-corrected chi connectivity index (χ2v) is 13.1. The number of sulfonamides is 1. The van der Waals surface area contributed by atoms with Gasteiger partial charge < -0.3 is 15.4 Å². The normalized spacial score (nSPS) is 22.2. The van der Waals surface area contributed by atoms with Crippen LogP contribution in [0.5, 0.6) is 5.75 Å². The number of piperidine rings is 1. The molecule has 39 heavy (non-hydrogen) atoms. The highest BCUT2D eigenvalue weighted by atomic mass is 79.9. The van der Waals surface area contributed by atoms with Gasteiger partial charge in [0.2, 0.25) is 15.9 Å². The van der Waals surface area contributed by atoms with Crippen LogP contribution in [0.15, 0.2) is 57.9 Å². The highest BCUT2D eigenvalue weighted by molar-refractivity contribution is 9.10. The molecule has 7 nitrogen and oxygen atoms in total. The Hall–Kier alpha value is -2.08. The molecule has 11 heteroatoms. The van der Waals surface area contributed by atoms with Gasteiger partial charge in [-0.3, -0.25) is 4.79 Å². The predicted molar refractivity (Wildman–Crippen MR) is 149 cm³/mol. The van der Waals surface area contributed by atoms with Crippen molar-refractivity contribution in [1.29, 1.82) is 0 Å². The Balaban J connectivity index is 1.62. The number of nitrogens with two attached hydrogens (primary N) is 1. The number of fused-ring (bicyclic) bond motifs is 2. The van der Waals surface area contributed by atoms with Crippen LogP contribution < -0.4 is 15.2 Å². The quantitative estimate of drug-likeness (QED) is 0.357. The summed E-state index contributed by atoms with van der Waals surface area (Å²) in [5, 5.41) is 0. The molecule has 3 N–H and O–H groups in total. The number of benzene rings is 2. The van der Waals surface area contributed by atoms with Gasteiger partial charge in [-0.15, -0.1) is 0 Å². The highest BCUT2D eigenvalue weighted by Gasteiger charge is 2.53. The topological polar surface area (TPSA) is 102 Å². The number of hydrogen-bond acceptors (Lipinski definition) is 5. The standard InChI is InChI=1S/C28H36BrF2N3O4S/c1-3-18(4-2)17-38-24-11-13-25(14-12-24)39(36,37)33-26(28(30,31)19-5-7-20(29)8-6-19)27(35)34-22-9-10-23(34)16-21(32)15-22/h5-8,11-14,18,21-23,26,33H,3-4,9-10,15-17,32H2,1-2H3/t21?,22?,23?,26-/m1/s1. The summed E-state index contributed by atoms with van der Waals surface area (Å²) < 4.78 is 67.2. The molecule has 2 aliphatic rings. The molecule has 2 aliphatic heterocycles. The van der Waals surface area contributed by atoms with Crippen LogP contribution in [0.4, 0.5) is 8.78 Å². The smallest absolute Gasteiger partial charge is 0.298 e. The number of ether oxygens (including phenoxy) is 1. The van der Waals surface area contributed by atoms with E-state index in [1.54, 1.807) is 0 Å². The first-order chi connectivity index (χ1) is 18.5. The van der Waals surface area contributed by atoms with E-state index in [1.165, 1.54) is 53.4 Å². The predicted octanol–water partition coefficient (Wildman–Crippen LogP) is 5.18. The second-order valence-electron chi connectivity index (χ2n) is 10.5. The molecule has 2 aromatic carbocycles. The zero-order valence-electron chi connectivity index (χ0n) is 22.2. The van der Waals surface area contributed by atoms with Gasteiger partial charge in [0.25, 0.3) is 5.92 Å². The van der Waals surface area contributed by atoms with Gasteiger partial charge in [0.1, 0.15) is 5.75 Å². The molecule has 2 unspecified atom stereocenters. The van der Waals surface area contributed by atoms with Crippen molar-refractivity contribution in [2.24, 2.45) is 11.7 Å². The maximum absolute atomic E-state index is 16.0. The number of alkyl halides is 2. The van der Waals surface area contributed by atoms with Gasteiger partial charge in [0, 0.05) is 28.2 Å². The number of nitrogens with zero attached hydrogens (tertiary/aromatic N) is 1. The van der Waals surface area contributed by atoms with Crippen molar-refractivity contribution in [3.8, 4) is 5.75 Å². The Morgan fingerprint density at radius 1 is 1.08 bits per heavy atom. The van der Waals surface area contributed by atoms with E-state index < -0.39 is 33.5 Å². The number of hydrogen-bond donors (Lipinski definition) is 2. The van der Waals surface area contributed by atoms with Crippen LogP contribution in [0, 0.1) is 5.92 Å². The van der Waals surface area contributed by atoms with Crippen molar-refractivity contribution in [2.75, 3.05) is 6.61 Å². The van der Waals surface area contributed by atoms with Crippen molar-refractivity contribution in [3.05, 3.63) is 58.6 Å². The summed E-state index contributed by atoms with van der Waals surface area (Å²) in [6, 6.07) is 7.81. The van der Waals surface area contributed by atoms with Crippen molar-refractivity contribution < 1.29 is 26.7 Å². The molecule has 2 aromatic rings. The van der Waals surface area contributed by atoms with Crippen molar-refractivity contribution >= 4 is 31.9 Å². The lowest BCUT2D eigenvalue weighted by molar-refractivity contribution is -0.149. The molecule has 0 spiro atoms. The van der Waals surface area contributed by atoms with Gasteiger partial charge in [0.05, 0.1) is 11.5 Å². The number of amides is 1. The van der Waals surface area contributed by atoms with E-state index in [-0.39, 0.29) is 23.0 Å². The zero-order valence-corrected chi connectivity index (χ0v) is 24.6. The first kappa shape index (κ1) is 29.9. The lowest BCUT2D eigenvalue weighted by atomic mass is 9.95. The van der Waals surface area contributed by atoms with Crippen molar-refractivity contribution in [2.45, 2.75) is 87.4 Å². The fourth-order valence-electron chi connectivity index (χ4n) is 5.52. The highest BCUT2D eigenvalue weighted by Crippen LogP contribution is 2.40. The molecule has 2 heterocycles. The molecule has 1 amide bonds. The van der Waals surface area contributed by atoms with E-state index in [2.05, 4.69) is 34.5 Å². The minimum atomic E-state index is -4.49. The Labute approximate surface area is 237 Å². The van der Waals surface area contributed by atoms with E-state index in [4.69, 9.17) is 10.5 Å². The second kappa shape index (κ2) is 12.2. The summed E-state index contributed by atoms with van der Waals surface area (Å²) >= 11 is 3.23. The van der Waals surface area contributed by atoms with Crippen LogP contribution in [0.2, 0.25) is 0 Å². The molecule has 3 atom stereocenters. The minimum absolute atomic E-state index is 0.112. The third-order valence-electron chi connectivity index (χ3n) is 7.91. The fraction of sp³-hybridized carbons (Fsp3) is 0.536. The first-order valence-corrected chi connectivity index (χ1v) is 15.7. The molecule has 0 radical (unpaired) electrons. The van der Waals surface area contributed by atoms with Gasteiger partial charge in [0.15, 0.2) is 6.04 Å². The number of carbonyl (C=O) groups is 1. The van der Waals surface area contributed by atoms with Crippen molar-refractivity contribution in [1.82, 2.24) is 9.62 Å². The summed E-state index contributed by atoms with van der Waals surface area (Å²) in [7, 11) is -4.49. The van der Waals surface area contributed by atoms with Crippen LogP contribution in [-0.2, 0) is 20.7 Å². The first-order valence-electron chi connectivity index (χ1n) is 13.4. The lowest BCUT2D eigenvalue weighted by Crippen LogP contribution is -2.60. The fourth-order valence-corrected chi connectivity index (χ4v) is 6.98. The molecule has 4 rings (SSSR count). The van der Waals surface area contributed by atoms with Crippen LogP contribution >= 0.6 is 15.9 Å². The SMILES string of the molecule is CCC(CC)COc1ccc(S(=O)(=O)N[C@H](C(=O)N2C3CCC2CC(N)C3)C(F)(F)c2ccc(Br)cc2)cc1. The molecule has 0 aliphatic carbocycles. The van der Waals surface area contributed by atoms with Gasteiger partial charge in [-0.1, -0.05) is 54.8 Å². The summed E-state index contributed by atoms with van der Waals surface area (Å²) in [5.41, 5.74) is 5.66. The molecule has 2 bridgehead atoms. The van der Waals surface area contributed by atoms with Crippen molar-refractivity contribution in [3.63, 3.8) is 0 Å². The minimum Gasteiger partial charge on any atom is -0.493 e. The third-order valence-corrected chi connectivity index (χ3v) is 9.88. The Morgan fingerprint density at radius 2 is 1.64 bits per heavy atom. The maximum atomic E-state index is 16.0. The van der Waals surface area contributed by atoms with E-state index in [1.807, 2.05) is 0 Å². The van der Waals surface area contributed by atoms with Gasteiger partial charge in [-0.05, 0) is 68.0 Å². The van der Waals surface area contributed by atoms with Gasteiger partial charge in [-0.25, -0.2) is 8.42 Å². The average molecular weight is 629 g/mol. The number of carbonyl (C=O) groups excluding carboxylic acids is 1. The Bertz CT molecular complexity index is 1230. The zero-order chi connectivity index (χ0) is 28.4. The Morgan fingerprint density at radius 3 is 2.18 bits per heavy atom. The maximum Gasteiger partial charge on any atom is 0.298 e. The number of nitrogens with one attached hydrogen (secondary N) is 1. The summed E-state index contributed by atoms with van der Waals surface area (Å²) in [5.74, 6) is -3.89. The van der Waals surface area contributed by atoms with E-state index in [0.717, 1.165) is 12.8 Å². The van der Waals surface area contributed by atoms with Crippen LogP contribution in [-0.4, -0.2) is 50.0 Å². The number of rotatable bonds is 11. The Kier molecular flexibility index (Phi) is 9.35. The summed E-state index contributed by atoms with van der Waals surface area (Å²) in [6.45, 7) is 4.64. The van der Waals surface area contributed by atoms with E-state index >= 15 is 8.78 Å². The number of halogens is 3. The molecular formula is C28H36BrF2N3O4S. The van der Waals surface area contributed by atoms with E-state index in [9.17, 15) is 13.2 Å². The van der Waals surface area contributed by atoms with Gasteiger partial charge >= 0.3 is 0 Å². The molecule has 2 saturated heterocycles. The largest absolute Gasteiger partial charge is 0.493 e. The summed E-state index contributed by atoms with van der Waals surface area (Å²) in [6.07, 6.45) is 4.24. The molecule has 0 saturated carbocycles. The molecule has 0 aromatic heterocycles. The van der Waals surface area contributed by atoms with Crippen LogP contribution in [0.3, 0.4) is 0 Å².